The van der Waals surface area contributed by atoms with Gasteiger partial charge >= 0.3 is 0 Å². The van der Waals surface area contributed by atoms with Crippen molar-refractivity contribution in [1.29, 1.82) is 0 Å². The van der Waals surface area contributed by atoms with E-state index in [4.69, 9.17) is 5.73 Å². The largest absolute Gasteiger partial charge is 0.379 e. The maximum absolute atomic E-state index is 5.03. The Kier molecular flexibility index (Phi) is 2.54. The summed E-state index contributed by atoms with van der Waals surface area (Å²) >= 11 is 1.93. The molecule has 0 fully saturated rings. The summed E-state index contributed by atoms with van der Waals surface area (Å²) in [4.78, 5) is 3.57. The van der Waals surface area contributed by atoms with Crippen LogP contribution in [-0.2, 0) is 0 Å². The summed E-state index contributed by atoms with van der Waals surface area (Å²) in [5.41, 5.74) is 5.03. The maximum Gasteiger partial charge on any atom is 0.157 e. The number of hydrogen-bond donors (Lipinski definition) is 1. The molecule has 0 saturated heterocycles. The standard InChI is InChI=1S/C2H5IN2/c1-5-2(3)4/h1H3,(H2,4,5). The molecule has 0 bridgehead atoms. The van der Waals surface area contributed by atoms with E-state index in [1.807, 2.05) is 22.6 Å². The van der Waals surface area contributed by atoms with E-state index in [-0.39, 0.29) is 0 Å². The number of aliphatic imine (C=N–C) groups is 1. The zero-order valence-electron chi connectivity index (χ0n) is 2.90. The van der Waals surface area contributed by atoms with E-state index in [1.165, 1.54) is 0 Å². The topological polar surface area (TPSA) is 38.4 Å². The van der Waals surface area contributed by atoms with Crippen LogP contribution in [0, 0.1) is 0 Å². The zero-order valence-corrected chi connectivity index (χ0v) is 5.06. The van der Waals surface area contributed by atoms with Gasteiger partial charge in [0.15, 0.2) is 3.84 Å². The van der Waals surface area contributed by atoms with Crippen LogP contribution in [0.1, 0.15) is 0 Å². The van der Waals surface area contributed by atoms with Gasteiger partial charge in [0.05, 0.1) is 0 Å². The second kappa shape index (κ2) is 2.44. The van der Waals surface area contributed by atoms with Gasteiger partial charge in [-0.2, -0.15) is 0 Å². The summed E-state index contributed by atoms with van der Waals surface area (Å²) in [5.74, 6) is 0. The lowest BCUT2D eigenvalue weighted by Gasteiger charge is -1.73. The van der Waals surface area contributed by atoms with Crippen molar-refractivity contribution in [3.05, 3.63) is 0 Å². The second-order valence-corrected chi connectivity index (χ2v) is 1.65. The van der Waals surface area contributed by atoms with Crippen LogP contribution in [0.5, 0.6) is 0 Å². The van der Waals surface area contributed by atoms with E-state index in [0.717, 1.165) is 0 Å². The molecule has 0 aliphatic heterocycles. The van der Waals surface area contributed by atoms with Crippen LogP contribution in [0.4, 0.5) is 0 Å². The van der Waals surface area contributed by atoms with E-state index in [2.05, 4.69) is 4.99 Å². The molecule has 0 heterocycles. The molecule has 0 aromatic heterocycles. The van der Waals surface area contributed by atoms with E-state index in [0.29, 0.717) is 3.84 Å². The van der Waals surface area contributed by atoms with Crippen molar-refractivity contribution in [2.24, 2.45) is 10.7 Å². The van der Waals surface area contributed by atoms with Crippen molar-refractivity contribution >= 4 is 26.4 Å². The van der Waals surface area contributed by atoms with Crippen molar-refractivity contribution in [3.8, 4) is 0 Å². The number of nitrogens with zero attached hydrogens (tertiary/aromatic N) is 1. The molecule has 0 unspecified atom stereocenters. The number of nitrogens with two attached hydrogens (primary N) is 1. The molecule has 0 aromatic carbocycles. The van der Waals surface area contributed by atoms with Crippen molar-refractivity contribution in [1.82, 2.24) is 0 Å². The Morgan fingerprint density at radius 2 is 2.20 bits per heavy atom. The quantitative estimate of drug-likeness (QED) is 0.251. The molecule has 0 aliphatic rings. The molecule has 0 rings (SSSR count). The molecule has 0 radical (unpaired) electrons. The van der Waals surface area contributed by atoms with Gasteiger partial charge < -0.3 is 5.73 Å². The minimum Gasteiger partial charge on any atom is -0.379 e. The monoisotopic (exact) mass is 184 g/mol. The van der Waals surface area contributed by atoms with Crippen LogP contribution in [0.2, 0.25) is 0 Å². The third-order valence-corrected chi connectivity index (χ3v) is 0.696. The summed E-state index contributed by atoms with van der Waals surface area (Å²) in [6, 6.07) is 0. The Hall–Kier alpha value is 0.200. The molecule has 0 spiro atoms. The van der Waals surface area contributed by atoms with Gasteiger partial charge in [0.25, 0.3) is 0 Å². The Balaban J connectivity index is 3.14. The molecule has 2 N–H and O–H groups in total. The van der Waals surface area contributed by atoms with Crippen LogP contribution in [0.3, 0.4) is 0 Å². The molecule has 0 atom stereocenters. The Morgan fingerprint density at radius 3 is 2.20 bits per heavy atom. The van der Waals surface area contributed by atoms with E-state index < -0.39 is 0 Å². The fourth-order valence-corrected chi connectivity index (χ4v) is 0. The third-order valence-electron chi connectivity index (χ3n) is 0.214. The van der Waals surface area contributed by atoms with Gasteiger partial charge in [-0.15, -0.1) is 0 Å². The summed E-state index contributed by atoms with van der Waals surface area (Å²) < 4.78 is 0.600. The first kappa shape index (κ1) is 5.20. The Bertz CT molecular complexity index is 45.6. The van der Waals surface area contributed by atoms with Crippen molar-refractivity contribution in [2.75, 3.05) is 7.05 Å². The lowest BCUT2D eigenvalue weighted by atomic mass is 11.3. The summed E-state index contributed by atoms with van der Waals surface area (Å²) in [5, 5.41) is 0. The van der Waals surface area contributed by atoms with Crippen LogP contribution in [-0.4, -0.2) is 10.9 Å². The molecule has 0 aliphatic carbocycles. The van der Waals surface area contributed by atoms with Gasteiger partial charge in [-0.1, -0.05) is 0 Å². The van der Waals surface area contributed by atoms with Crippen molar-refractivity contribution < 1.29 is 0 Å². The molecular weight excluding hydrogens is 179 g/mol. The second-order valence-electron chi connectivity index (χ2n) is 0.546. The lowest BCUT2D eigenvalue weighted by molar-refractivity contribution is 1.44. The fraction of sp³-hybridized carbons (Fsp3) is 0.500. The minimum atomic E-state index is 0.600. The maximum atomic E-state index is 5.03. The molecule has 0 amide bonds. The average molecular weight is 184 g/mol. The van der Waals surface area contributed by atoms with Gasteiger partial charge in [0.2, 0.25) is 0 Å². The SMILES string of the molecule is C/N=C(\N)I. The molecule has 0 saturated carbocycles. The highest BCUT2D eigenvalue weighted by molar-refractivity contribution is 14.1. The van der Waals surface area contributed by atoms with E-state index >= 15 is 0 Å². The van der Waals surface area contributed by atoms with E-state index in [1.54, 1.807) is 7.05 Å². The molecule has 30 valence electrons. The fourth-order valence-electron chi connectivity index (χ4n) is 0. The minimum absolute atomic E-state index is 0.600. The van der Waals surface area contributed by atoms with E-state index in [9.17, 15) is 0 Å². The molecule has 3 heteroatoms. The molecule has 5 heavy (non-hydrogen) atoms. The molecular formula is C2H5IN2. The summed E-state index contributed by atoms with van der Waals surface area (Å²) in [6.07, 6.45) is 0. The van der Waals surface area contributed by atoms with Crippen molar-refractivity contribution in [3.63, 3.8) is 0 Å². The highest BCUT2D eigenvalue weighted by Crippen LogP contribution is 1.74. The van der Waals surface area contributed by atoms with Crippen molar-refractivity contribution in [2.45, 2.75) is 0 Å². The molecule has 2 nitrogen and oxygen atoms in total. The molecule has 0 aromatic rings. The van der Waals surface area contributed by atoms with Gasteiger partial charge in [0, 0.05) is 7.05 Å². The number of hydrogen-bond acceptors (Lipinski definition) is 1. The van der Waals surface area contributed by atoms with Crippen LogP contribution in [0.15, 0.2) is 4.99 Å². The summed E-state index contributed by atoms with van der Waals surface area (Å²) in [7, 11) is 1.65. The smallest absolute Gasteiger partial charge is 0.157 e. The highest BCUT2D eigenvalue weighted by atomic mass is 127. The van der Waals surface area contributed by atoms with Crippen LogP contribution >= 0.6 is 22.6 Å². The van der Waals surface area contributed by atoms with Crippen LogP contribution < -0.4 is 5.73 Å². The predicted molar refractivity (Wildman–Crippen MR) is 31.6 cm³/mol. The Morgan fingerprint density at radius 1 is 2.00 bits per heavy atom. The van der Waals surface area contributed by atoms with Gasteiger partial charge in [-0.05, 0) is 22.6 Å². The van der Waals surface area contributed by atoms with Gasteiger partial charge in [-0.25, -0.2) is 0 Å². The first-order valence-electron chi connectivity index (χ1n) is 1.15. The van der Waals surface area contributed by atoms with Crippen LogP contribution in [0.25, 0.3) is 0 Å². The average Bonchev–Trinajstić information content (AvgIpc) is 1.38. The normalized spacial score (nSPS) is 12.0. The Labute approximate surface area is 44.6 Å². The number of rotatable bonds is 0. The number of amidine groups is 1. The lowest BCUT2D eigenvalue weighted by Crippen LogP contribution is -1.98. The van der Waals surface area contributed by atoms with Gasteiger partial charge in [0.1, 0.15) is 0 Å². The highest BCUT2D eigenvalue weighted by Gasteiger charge is 1.65. The first-order chi connectivity index (χ1) is 2.27. The third kappa shape index (κ3) is 4.20. The zero-order chi connectivity index (χ0) is 4.28. The first-order valence-corrected chi connectivity index (χ1v) is 2.23. The summed E-state index contributed by atoms with van der Waals surface area (Å²) in [6.45, 7) is 0. The number of halogens is 1. The predicted octanol–water partition coefficient (Wildman–Crippen LogP) is 0.366. The van der Waals surface area contributed by atoms with Gasteiger partial charge in [-0.3, -0.25) is 4.99 Å².